The van der Waals surface area contributed by atoms with Gasteiger partial charge in [-0.3, -0.25) is 14.5 Å². The highest BCUT2D eigenvalue weighted by molar-refractivity contribution is 7.22. The number of rotatable bonds is 9. The van der Waals surface area contributed by atoms with E-state index in [1.165, 1.54) is 16.2 Å². The molecule has 5 rings (SSSR count). The fraction of sp³-hybridized carbons (Fsp3) is 0.281. The fourth-order valence-electron chi connectivity index (χ4n) is 5.00. The second-order valence-electron chi connectivity index (χ2n) is 9.95. The first-order valence-corrected chi connectivity index (χ1v) is 14.2. The third-order valence-electron chi connectivity index (χ3n) is 7.04. The van der Waals surface area contributed by atoms with Crippen LogP contribution >= 0.6 is 11.3 Å². The molecule has 1 amide bonds. The maximum atomic E-state index is 13.6. The Morgan fingerprint density at radius 2 is 1.70 bits per heavy atom. The molecular weight excluding hydrogens is 524 g/mol. The third-order valence-corrected chi connectivity index (χ3v) is 8.05. The van der Waals surface area contributed by atoms with Gasteiger partial charge in [-0.25, -0.2) is 4.98 Å². The average Bonchev–Trinajstić information content (AvgIpc) is 3.49. The quantitative estimate of drug-likeness (QED) is 0.102. The van der Waals surface area contributed by atoms with Gasteiger partial charge in [0, 0.05) is 5.56 Å². The van der Waals surface area contributed by atoms with Crippen LogP contribution < -0.4 is 14.4 Å². The highest BCUT2D eigenvalue weighted by atomic mass is 32.1. The van der Waals surface area contributed by atoms with Gasteiger partial charge >= 0.3 is 5.91 Å². The van der Waals surface area contributed by atoms with Crippen LogP contribution in [-0.2, 0) is 9.59 Å². The Kier molecular flexibility index (Phi) is 7.89. The van der Waals surface area contributed by atoms with Gasteiger partial charge in [0.15, 0.2) is 5.13 Å². The molecule has 8 heteroatoms. The van der Waals surface area contributed by atoms with Gasteiger partial charge in [-0.2, -0.15) is 0 Å². The van der Waals surface area contributed by atoms with Crippen LogP contribution in [0.15, 0.2) is 66.2 Å². The van der Waals surface area contributed by atoms with Crippen LogP contribution in [0.5, 0.6) is 11.5 Å². The van der Waals surface area contributed by atoms with Crippen molar-refractivity contribution >= 4 is 44.1 Å². The number of ether oxygens (including phenoxy) is 2. The normalized spacial score (nSPS) is 16.6. The Hall–Kier alpha value is -4.17. The van der Waals surface area contributed by atoms with E-state index in [2.05, 4.69) is 6.92 Å². The zero-order valence-corrected chi connectivity index (χ0v) is 23.9. The summed E-state index contributed by atoms with van der Waals surface area (Å²) in [5.41, 5.74) is 3.97. The number of anilines is 1. The van der Waals surface area contributed by atoms with Crippen molar-refractivity contribution in [3.05, 3.63) is 88.5 Å². The van der Waals surface area contributed by atoms with Crippen LogP contribution in [0.25, 0.3) is 16.0 Å². The van der Waals surface area contributed by atoms with E-state index in [-0.39, 0.29) is 11.3 Å². The number of fused-ring (bicyclic) bond motifs is 1. The van der Waals surface area contributed by atoms with E-state index in [4.69, 9.17) is 14.5 Å². The molecule has 1 N–H and O–H groups in total. The van der Waals surface area contributed by atoms with Gasteiger partial charge in [0.05, 0.1) is 35.5 Å². The molecule has 1 unspecified atom stereocenters. The number of aliphatic hydroxyl groups is 1. The molecule has 0 spiro atoms. The Balaban J connectivity index is 1.61. The number of carbonyl (C=O) groups is 2. The molecule has 0 saturated carbocycles. The largest absolute Gasteiger partial charge is 0.507 e. The second-order valence-corrected chi connectivity index (χ2v) is 11.0. The number of nitrogens with zero attached hydrogens (tertiary/aromatic N) is 2. The third kappa shape index (κ3) is 5.19. The summed E-state index contributed by atoms with van der Waals surface area (Å²) in [6.07, 6.45) is 3.18. The predicted octanol–water partition coefficient (Wildman–Crippen LogP) is 7.12. The predicted molar refractivity (Wildman–Crippen MR) is 158 cm³/mol. The molecule has 1 fully saturated rings. The number of ketones is 1. The van der Waals surface area contributed by atoms with E-state index in [1.807, 2.05) is 50.2 Å². The minimum Gasteiger partial charge on any atom is -0.507 e. The van der Waals surface area contributed by atoms with Crippen molar-refractivity contribution in [1.29, 1.82) is 0 Å². The van der Waals surface area contributed by atoms with Crippen molar-refractivity contribution < 1.29 is 24.2 Å². The van der Waals surface area contributed by atoms with E-state index >= 15 is 0 Å². The van der Waals surface area contributed by atoms with E-state index in [9.17, 15) is 14.7 Å². The smallest absolute Gasteiger partial charge is 0.301 e. The lowest BCUT2D eigenvalue weighted by Crippen LogP contribution is -2.29. The van der Waals surface area contributed by atoms with Crippen molar-refractivity contribution in [2.24, 2.45) is 0 Å². The Morgan fingerprint density at radius 3 is 2.38 bits per heavy atom. The van der Waals surface area contributed by atoms with E-state index < -0.39 is 17.7 Å². The van der Waals surface area contributed by atoms with Crippen LogP contribution in [0.2, 0.25) is 0 Å². The number of hydrogen-bond donors (Lipinski definition) is 1. The van der Waals surface area contributed by atoms with Gasteiger partial charge in [-0.05, 0) is 79.4 Å². The van der Waals surface area contributed by atoms with Gasteiger partial charge in [-0.1, -0.05) is 49.3 Å². The number of Topliss-reactive ketones (excluding diaryl/α,β-unsaturated/α-hetero) is 1. The van der Waals surface area contributed by atoms with E-state index in [0.717, 1.165) is 40.6 Å². The summed E-state index contributed by atoms with van der Waals surface area (Å²) in [5, 5.41) is 11.8. The fourth-order valence-corrected chi connectivity index (χ4v) is 6.17. The molecule has 2 heterocycles. The van der Waals surface area contributed by atoms with E-state index in [1.54, 1.807) is 31.4 Å². The molecule has 1 saturated heterocycles. The summed E-state index contributed by atoms with van der Waals surface area (Å²) in [5.74, 6) is -0.415. The SMILES string of the molecule is CCCCCOc1ccc(C2C(=C(O)c3ccc(OC)cc3)C(=O)C(=O)N2c2nc3c(C)cc(C)cc3s2)cc1. The summed E-state index contributed by atoms with van der Waals surface area (Å²) < 4.78 is 12.0. The summed E-state index contributed by atoms with van der Waals surface area (Å²) >= 11 is 1.36. The molecule has 1 aliphatic heterocycles. The van der Waals surface area contributed by atoms with Crippen molar-refractivity contribution in [1.82, 2.24) is 4.98 Å². The molecule has 0 radical (unpaired) electrons. The number of carbonyl (C=O) groups excluding carboxylic acids is 2. The molecular formula is C32H32N2O5S. The first-order chi connectivity index (χ1) is 19.3. The molecule has 3 aromatic carbocycles. The van der Waals surface area contributed by atoms with Crippen molar-refractivity contribution in [2.75, 3.05) is 18.6 Å². The van der Waals surface area contributed by atoms with Gasteiger partial charge in [0.25, 0.3) is 5.78 Å². The van der Waals surface area contributed by atoms with Gasteiger partial charge in [-0.15, -0.1) is 0 Å². The average molecular weight is 557 g/mol. The number of methoxy groups -OCH3 is 1. The molecule has 7 nitrogen and oxygen atoms in total. The maximum absolute atomic E-state index is 13.6. The highest BCUT2D eigenvalue weighted by Crippen LogP contribution is 2.45. The summed E-state index contributed by atoms with van der Waals surface area (Å²) in [6, 6.07) is 17.3. The number of unbranched alkanes of at least 4 members (excludes halogenated alkanes) is 2. The van der Waals surface area contributed by atoms with Crippen LogP contribution in [0.3, 0.4) is 0 Å². The number of aryl methyl sites for hydroxylation is 2. The van der Waals surface area contributed by atoms with Crippen molar-refractivity contribution in [3.63, 3.8) is 0 Å². The lowest BCUT2D eigenvalue weighted by atomic mass is 9.95. The molecule has 1 atom stereocenters. The molecule has 1 aromatic heterocycles. The van der Waals surface area contributed by atoms with Crippen LogP contribution in [-0.4, -0.2) is 35.5 Å². The Morgan fingerprint density at radius 1 is 1.00 bits per heavy atom. The zero-order chi connectivity index (χ0) is 28.4. The van der Waals surface area contributed by atoms with Gasteiger partial charge in [0.1, 0.15) is 17.3 Å². The topological polar surface area (TPSA) is 89.0 Å². The maximum Gasteiger partial charge on any atom is 0.301 e. The molecule has 0 bridgehead atoms. The molecule has 0 aliphatic carbocycles. The Bertz CT molecular complexity index is 1590. The number of aromatic nitrogens is 1. The van der Waals surface area contributed by atoms with Crippen LogP contribution in [0, 0.1) is 13.8 Å². The lowest BCUT2D eigenvalue weighted by molar-refractivity contribution is -0.132. The van der Waals surface area contributed by atoms with Gasteiger partial charge in [0.2, 0.25) is 0 Å². The van der Waals surface area contributed by atoms with Crippen LogP contribution in [0.1, 0.15) is 54.5 Å². The molecule has 1 aliphatic rings. The first-order valence-electron chi connectivity index (χ1n) is 13.4. The minimum absolute atomic E-state index is 0.0129. The summed E-state index contributed by atoms with van der Waals surface area (Å²) in [7, 11) is 1.55. The zero-order valence-electron chi connectivity index (χ0n) is 23.1. The number of aliphatic hydroxyl groups excluding tert-OH is 1. The second kappa shape index (κ2) is 11.5. The number of thiazole rings is 1. The van der Waals surface area contributed by atoms with Gasteiger partial charge < -0.3 is 14.6 Å². The van der Waals surface area contributed by atoms with E-state index in [0.29, 0.717) is 34.4 Å². The van der Waals surface area contributed by atoms with Crippen molar-refractivity contribution in [2.45, 2.75) is 46.1 Å². The number of hydrogen-bond acceptors (Lipinski definition) is 7. The van der Waals surface area contributed by atoms with Crippen LogP contribution in [0.4, 0.5) is 5.13 Å². The minimum atomic E-state index is -0.863. The molecule has 40 heavy (non-hydrogen) atoms. The number of benzene rings is 3. The lowest BCUT2D eigenvalue weighted by Gasteiger charge is -2.23. The monoisotopic (exact) mass is 556 g/mol. The van der Waals surface area contributed by atoms with Crippen molar-refractivity contribution in [3.8, 4) is 11.5 Å². The molecule has 4 aromatic rings. The summed E-state index contributed by atoms with van der Waals surface area (Å²) in [4.78, 5) is 33.3. The highest BCUT2D eigenvalue weighted by Gasteiger charge is 2.48. The Labute approximate surface area is 237 Å². The number of amides is 1. The summed E-state index contributed by atoms with van der Waals surface area (Å²) in [6.45, 7) is 6.75. The first kappa shape index (κ1) is 27.4. The molecule has 206 valence electrons. The standard InChI is InChI=1S/C32H32N2O5S/c1-5-6-7-16-39-24-14-8-21(9-15-24)28-26(29(35)22-10-12-23(38-4)13-11-22)30(36)31(37)34(28)32-33-27-20(3)17-19(2)18-25(27)40-32/h8-15,17-18,28,35H,5-7,16H2,1-4H3.